The van der Waals surface area contributed by atoms with Crippen molar-refractivity contribution in [2.45, 2.75) is 57.7 Å². The van der Waals surface area contributed by atoms with Crippen molar-refractivity contribution >= 4 is 63.8 Å². The number of carbonyl (C=O) groups excluding carboxylic acids is 3. The minimum Gasteiger partial charge on any atom is -0.496 e. The molecule has 1 N–H and O–H groups in total. The van der Waals surface area contributed by atoms with E-state index in [0.717, 1.165) is 34.4 Å². The van der Waals surface area contributed by atoms with Gasteiger partial charge in [-0.25, -0.2) is 14.4 Å². The zero-order valence-electron chi connectivity index (χ0n) is 40.8. The SMILES string of the molecule is CC[C@H]1CN(C(=O)CC(=O)NCCOCCOCCCC(=O)c2ccc(Cc3ncc4c(n3)-c3ccc(Cl)cc3C(c3c(F)cccc3OC)=NC4)cc2OC)C[C@@H](c2ccc(Cl)cc2)N1c1ccc(Cl)cc1. The maximum atomic E-state index is 15.4. The van der Waals surface area contributed by atoms with E-state index in [1.807, 2.05) is 66.7 Å². The smallest absolute Gasteiger partial charge is 0.232 e. The highest BCUT2D eigenvalue weighted by Crippen LogP contribution is 2.38. The number of benzene rings is 5. The van der Waals surface area contributed by atoms with Crippen molar-refractivity contribution < 1.29 is 37.7 Å². The van der Waals surface area contributed by atoms with Crippen LogP contribution in [0.4, 0.5) is 10.1 Å². The van der Waals surface area contributed by atoms with Gasteiger partial charge in [0.15, 0.2) is 5.78 Å². The molecule has 2 aliphatic heterocycles. The maximum Gasteiger partial charge on any atom is 0.232 e. The number of fused-ring (bicyclic) bond motifs is 3. The monoisotopic (exact) mass is 1050 g/mol. The van der Waals surface area contributed by atoms with Crippen LogP contribution in [0.1, 0.15) is 82.6 Å². The molecule has 1 aromatic heterocycles. The second-order valence-electron chi connectivity index (χ2n) is 17.6. The number of rotatable bonds is 21. The summed E-state index contributed by atoms with van der Waals surface area (Å²) in [6.07, 6.45) is 3.36. The third-order valence-electron chi connectivity index (χ3n) is 12.9. The van der Waals surface area contributed by atoms with Crippen LogP contribution >= 0.6 is 34.8 Å². The van der Waals surface area contributed by atoms with Crippen molar-refractivity contribution in [3.63, 3.8) is 0 Å². The highest BCUT2D eigenvalue weighted by atomic mass is 35.5. The van der Waals surface area contributed by atoms with Crippen molar-refractivity contribution in [3.05, 3.63) is 169 Å². The first kappa shape index (κ1) is 52.9. The Balaban J connectivity index is 0.758. The minimum atomic E-state index is -0.467. The first-order valence-electron chi connectivity index (χ1n) is 24.2. The van der Waals surface area contributed by atoms with Crippen LogP contribution in [0.2, 0.25) is 15.1 Å². The molecule has 0 saturated carbocycles. The van der Waals surface area contributed by atoms with Gasteiger partial charge in [-0.3, -0.25) is 19.4 Å². The van der Waals surface area contributed by atoms with Gasteiger partial charge in [-0.15, -0.1) is 0 Å². The number of methoxy groups -OCH3 is 2. The van der Waals surface area contributed by atoms with Crippen molar-refractivity contribution in [3.8, 4) is 22.8 Å². The summed E-state index contributed by atoms with van der Waals surface area (Å²) in [6, 6.07) is 30.7. The van der Waals surface area contributed by atoms with Gasteiger partial charge in [0.2, 0.25) is 11.8 Å². The Hall–Kier alpha value is -6.42. The van der Waals surface area contributed by atoms with Crippen LogP contribution < -0.4 is 19.7 Å². The van der Waals surface area contributed by atoms with Crippen molar-refractivity contribution in [2.24, 2.45) is 4.99 Å². The summed E-state index contributed by atoms with van der Waals surface area (Å²) in [5.41, 5.74) is 6.78. The van der Waals surface area contributed by atoms with E-state index in [-0.39, 0.29) is 67.8 Å². The number of nitrogens with one attached hydrogen (secondary N) is 1. The second-order valence-corrected chi connectivity index (χ2v) is 18.9. The van der Waals surface area contributed by atoms with Crippen molar-refractivity contribution in [1.29, 1.82) is 0 Å². The number of hydrogen-bond donors (Lipinski definition) is 1. The number of aromatic nitrogens is 2. The van der Waals surface area contributed by atoms with E-state index >= 15 is 4.39 Å². The van der Waals surface area contributed by atoms with Crippen LogP contribution in [0.25, 0.3) is 11.3 Å². The molecular formula is C56H56Cl3FN6O7. The molecule has 5 aromatic carbocycles. The average molecular weight is 1050 g/mol. The number of ketones is 1. The number of anilines is 1. The van der Waals surface area contributed by atoms with Crippen molar-refractivity contribution in [2.75, 3.05) is 65.2 Å². The van der Waals surface area contributed by atoms with Gasteiger partial charge < -0.3 is 34.1 Å². The maximum absolute atomic E-state index is 15.4. The van der Waals surface area contributed by atoms with Gasteiger partial charge in [0.25, 0.3) is 0 Å². The first-order chi connectivity index (χ1) is 35.4. The summed E-state index contributed by atoms with van der Waals surface area (Å²) in [7, 11) is 3.02. The van der Waals surface area contributed by atoms with E-state index in [0.29, 0.717) is 101 Å². The number of nitrogens with zero attached hydrogens (tertiary/aromatic N) is 5. The lowest BCUT2D eigenvalue weighted by molar-refractivity contribution is -0.137. The van der Waals surface area contributed by atoms with E-state index < -0.39 is 5.82 Å². The Morgan fingerprint density at radius 3 is 2.26 bits per heavy atom. The zero-order chi connectivity index (χ0) is 51.4. The Kier molecular flexibility index (Phi) is 18.1. The van der Waals surface area contributed by atoms with E-state index in [1.165, 1.54) is 20.3 Å². The van der Waals surface area contributed by atoms with Crippen molar-refractivity contribution in [1.82, 2.24) is 20.2 Å². The molecule has 6 aromatic rings. The fourth-order valence-electron chi connectivity index (χ4n) is 9.24. The van der Waals surface area contributed by atoms with Gasteiger partial charge in [-0.2, -0.15) is 0 Å². The molecule has 0 aliphatic carbocycles. The molecule has 17 heteroatoms. The van der Waals surface area contributed by atoms with Crippen LogP contribution in [-0.2, 0) is 32.0 Å². The van der Waals surface area contributed by atoms with E-state index in [9.17, 15) is 14.4 Å². The molecule has 0 radical (unpaired) electrons. The summed E-state index contributed by atoms with van der Waals surface area (Å²) in [4.78, 5) is 58.3. The lowest BCUT2D eigenvalue weighted by atomic mass is 9.94. The van der Waals surface area contributed by atoms with E-state index in [1.54, 1.807) is 41.4 Å². The van der Waals surface area contributed by atoms with Gasteiger partial charge in [-0.05, 0) is 96.8 Å². The standard InChI is InChI=1S/C56H56Cl3FN6O7/c1-4-41-33-65(34-47(36-11-13-38(57)14-12-36)66(41)42-18-15-39(58)16-19-42)53(69)30-52(68)61-22-24-73-26-25-72-23-6-8-48(67)44-20-10-35(27-50(44)71-3)28-51-62-31-37-32-63-56(54-46(60)7-5-9-49(54)70-2)45-29-40(59)17-21-43(45)55(37)64-51/h5,7,9-21,27,29,31,41,47H,4,6,8,22-26,28,30,32-34H2,1-3H3,(H,61,68)/t41-,47-/m0/s1. The molecule has 0 bridgehead atoms. The van der Waals surface area contributed by atoms with E-state index in [4.69, 9.17) is 63.7 Å². The quantitative estimate of drug-likeness (QED) is 0.0420. The predicted octanol–water partition coefficient (Wildman–Crippen LogP) is 10.6. The van der Waals surface area contributed by atoms with Crippen LogP contribution in [-0.4, -0.2) is 105 Å². The Morgan fingerprint density at radius 1 is 0.795 bits per heavy atom. The molecule has 8 rings (SSSR count). The van der Waals surface area contributed by atoms with Crippen LogP contribution in [0, 0.1) is 5.82 Å². The minimum absolute atomic E-state index is 0.0117. The molecule has 13 nitrogen and oxygen atoms in total. The number of amides is 2. The number of ether oxygens (including phenoxy) is 4. The molecule has 1 fully saturated rings. The fourth-order valence-corrected chi connectivity index (χ4v) is 9.66. The third-order valence-corrected chi connectivity index (χ3v) is 13.6. The number of hydrogen-bond acceptors (Lipinski definition) is 11. The van der Waals surface area contributed by atoms with Crippen LogP contribution in [0.3, 0.4) is 0 Å². The predicted molar refractivity (Wildman–Crippen MR) is 282 cm³/mol. The van der Waals surface area contributed by atoms with Crippen LogP contribution in [0.5, 0.6) is 11.5 Å². The van der Waals surface area contributed by atoms with Gasteiger partial charge in [0, 0.05) is 88.8 Å². The van der Waals surface area contributed by atoms with Gasteiger partial charge >= 0.3 is 0 Å². The molecule has 1 saturated heterocycles. The summed E-state index contributed by atoms with van der Waals surface area (Å²) in [5.74, 6) is 0.182. The molecule has 2 atom stereocenters. The lowest BCUT2D eigenvalue weighted by Crippen LogP contribution is -2.56. The largest absolute Gasteiger partial charge is 0.496 e. The Labute approximate surface area is 439 Å². The molecule has 0 spiro atoms. The number of aliphatic imine (C=N–C) groups is 1. The number of carbonyl (C=O) groups is 3. The highest BCUT2D eigenvalue weighted by molar-refractivity contribution is 6.32. The zero-order valence-corrected chi connectivity index (χ0v) is 43.1. The molecular weight excluding hydrogens is 994 g/mol. The summed E-state index contributed by atoms with van der Waals surface area (Å²) in [6.45, 7) is 4.65. The summed E-state index contributed by atoms with van der Waals surface area (Å²) >= 11 is 18.9. The number of piperazine rings is 1. The van der Waals surface area contributed by atoms with Gasteiger partial charge in [-0.1, -0.05) is 72.1 Å². The van der Waals surface area contributed by atoms with Crippen LogP contribution in [0.15, 0.2) is 114 Å². The molecule has 0 unspecified atom stereocenters. The lowest BCUT2D eigenvalue weighted by Gasteiger charge is -2.48. The second kappa shape index (κ2) is 25.0. The third kappa shape index (κ3) is 13.0. The normalized spacial score (nSPS) is 15.2. The molecule has 380 valence electrons. The number of Topliss-reactive ketones (excluding diaryl/α,β-unsaturated/α-hetero) is 1. The van der Waals surface area contributed by atoms with E-state index in [2.05, 4.69) is 22.1 Å². The topological polar surface area (TPSA) is 145 Å². The number of halogens is 4. The molecule has 2 amide bonds. The molecule has 2 aliphatic rings. The van der Waals surface area contributed by atoms with Gasteiger partial charge in [0.05, 0.1) is 69.2 Å². The fraction of sp³-hybridized carbons (Fsp3) is 0.321. The van der Waals surface area contributed by atoms with Gasteiger partial charge in [0.1, 0.15) is 29.6 Å². The molecule has 3 heterocycles. The summed E-state index contributed by atoms with van der Waals surface area (Å²) < 4.78 is 37.9. The Bertz CT molecular complexity index is 2960. The first-order valence-corrected chi connectivity index (χ1v) is 25.3. The highest BCUT2D eigenvalue weighted by Gasteiger charge is 2.37. The Morgan fingerprint density at radius 2 is 1.52 bits per heavy atom. The molecule has 73 heavy (non-hydrogen) atoms. The summed E-state index contributed by atoms with van der Waals surface area (Å²) in [5, 5.41) is 4.54. The average Bonchev–Trinajstić information content (AvgIpc) is 3.54.